The fourth-order valence-corrected chi connectivity index (χ4v) is 2.09. The van der Waals surface area contributed by atoms with Crippen molar-refractivity contribution in [3.05, 3.63) is 0 Å². The highest BCUT2D eigenvalue weighted by Crippen LogP contribution is 2.27. The van der Waals surface area contributed by atoms with E-state index in [9.17, 15) is 4.79 Å². The summed E-state index contributed by atoms with van der Waals surface area (Å²) in [6.07, 6.45) is 2.92. The zero-order chi connectivity index (χ0) is 12.0. The van der Waals surface area contributed by atoms with Crippen molar-refractivity contribution in [2.75, 3.05) is 19.7 Å². The number of carbonyl (C=O) groups is 1. The summed E-state index contributed by atoms with van der Waals surface area (Å²) in [6, 6.07) is 0. The molecule has 1 unspecified atom stereocenters. The third-order valence-electron chi connectivity index (χ3n) is 3.27. The number of amides is 1. The van der Waals surface area contributed by atoms with Crippen LogP contribution in [-0.4, -0.2) is 41.9 Å². The fraction of sp³-hybridized carbons (Fsp3) is 0.909. The zero-order valence-corrected chi connectivity index (χ0v) is 9.56. The maximum absolute atomic E-state index is 11.7. The monoisotopic (exact) mass is 230 g/mol. The van der Waals surface area contributed by atoms with Crippen LogP contribution in [0.15, 0.2) is 0 Å². The summed E-state index contributed by atoms with van der Waals surface area (Å²) in [4.78, 5) is 11.7. The molecule has 1 aliphatic carbocycles. The standard InChI is InChI=1S/C11H22N2O3/c12-5-8-1-3-9(4-2-8)11(16)13-6-10(15)7-14/h8-10,14-15H,1-7,12H2,(H,13,16). The molecule has 0 aliphatic heterocycles. The van der Waals surface area contributed by atoms with Gasteiger partial charge in [-0.15, -0.1) is 0 Å². The Kier molecular flexibility index (Phi) is 5.73. The molecule has 1 atom stereocenters. The maximum Gasteiger partial charge on any atom is 0.223 e. The first kappa shape index (κ1) is 13.4. The third kappa shape index (κ3) is 4.08. The highest BCUT2D eigenvalue weighted by molar-refractivity contribution is 5.78. The van der Waals surface area contributed by atoms with E-state index in [0.29, 0.717) is 12.5 Å². The van der Waals surface area contributed by atoms with Crippen LogP contribution in [0, 0.1) is 11.8 Å². The Balaban J connectivity index is 2.22. The van der Waals surface area contributed by atoms with Crippen LogP contribution < -0.4 is 11.1 Å². The van der Waals surface area contributed by atoms with E-state index in [2.05, 4.69) is 5.32 Å². The van der Waals surface area contributed by atoms with Gasteiger partial charge in [0.1, 0.15) is 0 Å². The van der Waals surface area contributed by atoms with Crippen molar-refractivity contribution in [3.8, 4) is 0 Å². The second-order valence-electron chi connectivity index (χ2n) is 4.53. The molecule has 94 valence electrons. The van der Waals surface area contributed by atoms with Crippen molar-refractivity contribution < 1.29 is 15.0 Å². The van der Waals surface area contributed by atoms with Crippen LogP contribution in [-0.2, 0) is 4.79 Å². The minimum atomic E-state index is -0.857. The number of nitrogens with one attached hydrogen (secondary N) is 1. The molecular weight excluding hydrogens is 208 g/mol. The minimum Gasteiger partial charge on any atom is -0.394 e. The van der Waals surface area contributed by atoms with E-state index in [0.717, 1.165) is 25.7 Å². The van der Waals surface area contributed by atoms with Gasteiger partial charge in [0.05, 0.1) is 12.7 Å². The molecule has 5 N–H and O–H groups in total. The summed E-state index contributed by atoms with van der Waals surface area (Å²) in [5.41, 5.74) is 5.58. The number of carbonyl (C=O) groups excluding carboxylic acids is 1. The van der Waals surface area contributed by atoms with E-state index in [1.165, 1.54) is 0 Å². The summed E-state index contributed by atoms with van der Waals surface area (Å²) in [5, 5.41) is 20.4. The molecule has 0 aromatic carbocycles. The van der Waals surface area contributed by atoms with Crippen molar-refractivity contribution in [1.82, 2.24) is 5.32 Å². The number of hydrogen-bond acceptors (Lipinski definition) is 4. The third-order valence-corrected chi connectivity index (χ3v) is 3.27. The Morgan fingerprint density at radius 2 is 2.00 bits per heavy atom. The van der Waals surface area contributed by atoms with Crippen LogP contribution in [0.5, 0.6) is 0 Å². The first-order valence-corrected chi connectivity index (χ1v) is 5.94. The predicted molar refractivity (Wildman–Crippen MR) is 60.6 cm³/mol. The molecule has 0 aromatic heterocycles. The predicted octanol–water partition coefficient (Wildman–Crippen LogP) is -0.779. The van der Waals surface area contributed by atoms with Gasteiger partial charge in [-0.05, 0) is 38.1 Å². The molecule has 0 heterocycles. The normalized spacial score (nSPS) is 27.4. The first-order valence-electron chi connectivity index (χ1n) is 5.94. The molecule has 0 radical (unpaired) electrons. The molecular formula is C11H22N2O3. The lowest BCUT2D eigenvalue weighted by Gasteiger charge is -2.27. The maximum atomic E-state index is 11.7. The Labute approximate surface area is 96.0 Å². The van der Waals surface area contributed by atoms with Crippen LogP contribution in [0.3, 0.4) is 0 Å². The number of nitrogens with two attached hydrogens (primary N) is 1. The van der Waals surface area contributed by atoms with Crippen LogP contribution in [0.1, 0.15) is 25.7 Å². The molecule has 5 nitrogen and oxygen atoms in total. The Bertz CT molecular complexity index is 215. The van der Waals surface area contributed by atoms with Gasteiger partial charge >= 0.3 is 0 Å². The van der Waals surface area contributed by atoms with Crippen LogP contribution in [0.4, 0.5) is 0 Å². The van der Waals surface area contributed by atoms with E-state index in [-0.39, 0.29) is 25.0 Å². The lowest BCUT2D eigenvalue weighted by Crippen LogP contribution is -2.39. The molecule has 0 saturated heterocycles. The minimum absolute atomic E-state index is 0.0111. The second-order valence-corrected chi connectivity index (χ2v) is 4.53. The Hall–Kier alpha value is -0.650. The number of aliphatic hydroxyl groups excluding tert-OH is 2. The van der Waals surface area contributed by atoms with E-state index >= 15 is 0 Å². The van der Waals surface area contributed by atoms with Gasteiger partial charge in [0.2, 0.25) is 5.91 Å². The second kappa shape index (κ2) is 6.83. The van der Waals surface area contributed by atoms with Crippen molar-refractivity contribution >= 4 is 5.91 Å². The SMILES string of the molecule is NCC1CCC(C(=O)NCC(O)CO)CC1. The molecule has 0 bridgehead atoms. The van der Waals surface area contributed by atoms with Gasteiger partial charge in [0, 0.05) is 12.5 Å². The van der Waals surface area contributed by atoms with Gasteiger partial charge in [-0.25, -0.2) is 0 Å². The van der Waals surface area contributed by atoms with Crippen molar-refractivity contribution in [2.24, 2.45) is 17.6 Å². The van der Waals surface area contributed by atoms with Crippen LogP contribution in [0.2, 0.25) is 0 Å². The highest BCUT2D eigenvalue weighted by atomic mass is 16.3. The average Bonchev–Trinajstić information content (AvgIpc) is 2.35. The number of aliphatic hydroxyl groups is 2. The van der Waals surface area contributed by atoms with Crippen LogP contribution in [0.25, 0.3) is 0 Å². The van der Waals surface area contributed by atoms with Crippen molar-refractivity contribution in [3.63, 3.8) is 0 Å². The van der Waals surface area contributed by atoms with Crippen LogP contribution >= 0.6 is 0 Å². The summed E-state index contributed by atoms with van der Waals surface area (Å²) < 4.78 is 0. The lowest BCUT2D eigenvalue weighted by molar-refractivity contribution is -0.126. The average molecular weight is 230 g/mol. The highest BCUT2D eigenvalue weighted by Gasteiger charge is 2.25. The van der Waals surface area contributed by atoms with Gasteiger partial charge in [0.15, 0.2) is 0 Å². The van der Waals surface area contributed by atoms with Gasteiger partial charge in [-0.3, -0.25) is 4.79 Å². The first-order chi connectivity index (χ1) is 7.67. The van der Waals surface area contributed by atoms with Crippen molar-refractivity contribution in [1.29, 1.82) is 0 Å². The molecule has 1 rings (SSSR count). The Morgan fingerprint density at radius 1 is 1.38 bits per heavy atom. The molecule has 0 spiro atoms. The van der Waals surface area contributed by atoms with Gasteiger partial charge in [-0.2, -0.15) is 0 Å². The zero-order valence-electron chi connectivity index (χ0n) is 9.56. The molecule has 1 saturated carbocycles. The van der Waals surface area contributed by atoms with E-state index in [1.807, 2.05) is 0 Å². The quantitative estimate of drug-likeness (QED) is 0.498. The lowest BCUT2D eigenvalue weighted by atomic mass is 9.81. The van der Waals surface area contributed by atoms with Gasteiger partial charge in [-0.1, -0.05) is 0 Å². The molecule has 1 amide bonds. The van der Waals surface area contributed by atoms with Gasteiger partial charge in [0.25, 0.3) is 0 Å². The van der Waals surface area contributed by atoms with Gasteiger partial charge < -0.3 is 21.3 Å². The molecule has 16 heavy (non-hydrogen) atoms. The summed E-state index contributed by atoms with van der Waals surface area (Å²) in [7, 11) is 0. The van der Waals surface area contributed by atoms with E-state index in [1.54, 1.807) is 0 Å². The van der Waals surface area contributed by atoms with Crippen molar-refractivity contribution in [2.45, 2.75) is 31.8 Å². The molecule has 1 fully saturated rings. The van der Waals surface area contributed by atoms with E-state index in [4.69, 9.17) is 15.9 Å². The fourth-order valence-electron chi connectivity index (χ4n) is 2.09. The smallest absolute Gasteiger partial charge is 0.223 e. The topological polar surface area (TPSA) is 95.6 Å². The summed E-state index contributed by atoms with van der Waals surface area (Å²) >= 11 is 0. The number of rotatable bonds is 5. The molecule has 5 heteroatoms. The summed E-state index contributed by atoms with van der Waals surface area (Å²) in [6.45, 7) is 0.518. The molecule has 0 aromatic rings. The van der Waals surface area contributed by atoms with E-state index < -0.39 is 6.10 Å². The largest absolute Gasteiger partial charge is 0.394 e. The number of hydrogen-bond donors (Lipinski definition) is 4. The molecule has 1 aliphatic rings. The Morgan fingerprint density at radius 3 is 2.50 bits per heavy atom. The summed E-state index contributed by atoms with van der Waals surface area (Å²) in [5.74, 6) is 0.601.